The summed E-state index contributed by atoms with van der Waals surface area (Å²) < 4.78 is 0. The molecule has 0 spiro atoms. The summed E-state index contributed by atoms with van der Waals surface area (Å²) in [6.07, 6.45) is 3.99. The van der Waals surface area contributed by atoms with Gasteiger partial charge >= 0.3 is 0 Å². The third-order valence-corrected chi connectivity index (χ3v) is 2.22. The van der Waals surface area contributed by atoms with Crippen molar-refractivity contribution in [1.29, 1.82) is 0 Å². The number of unbranched alkanes of at least 4 members (excludes halogenated alkanes) is 3. The minimum Gasteiger partial charge on any atom is -0.395 e. The first-order valence-electron chi connectivity index (χ1n) is 4.96. The molecule has 0 aromatic rings. The van der Waals surface area contributed by atoms with Gasteiger partial charge in [0.15, 0.2) is 5.52 Å². The molecular formula is C9H19N2O3P. The van der Waals surface area contributed by atoms with Crippen LogP contribution in [0.25, 0.3) is 0 Å². The van der Waals surface area contributed by atoms with Crippen molar-refractivity contribution in [2.24, 2.45) is 11.1 Å². The molecule has 1 atom stereocenters. The van der Waals surface area contributed by atoms with E-state index >= 15 is 0 Å². The van der Waals surface area contributed by atoms with Gasteiger partial charge in [-0.1, -0.05) is 20.8 Å². The Kier molecular flexibility index (Phi) is 9.68. The zero-order chi connectivity index (χ0) is 11.5. The van der Waals surface area contributed by atoms with E-state index in [0.717, 1.165) is 25.7 Å². The van der Waals surface area contributed by atoms with E-state index in [1.165, 1.54) is 0 Å². The highest BCUT2D eigenvalue weighted by Crippen LogP contribution is 2.00. The fourth-order valence-electron chi connectivity index (χ4n) is 0.893. The largest absolute Gasteiger partial charge is 0.395 e. The molecule has 6 heteroatoms. The molecule has 88 valence electrons. The summed E-state index contributed by atoms with van der Waals surface area (Å²) in [6, 6.07) is 0. The summed E-state index contributed by atoms with van der Waals surface area (Å²) in [7, 11) is 2.05. The highest BCUT2D eigenvalue weighted by atomic mass is 31.0. The highest BCUT2D eigenvalue weighted by molar-refractivity contribution is 7.45. The molecule has 0 aromatic carbocycles. The Balaban J connectivity index is 3.25. The summed E-state index contributed by atoms with van der Waals surface area (Å²) in [5.41, 5.74) is 0.228. The normalized spacial score (nSPS) is 11.5. The standard InChI is InChI=1S/C9H19N2O3P/c1-8(9(12)15)11-14-7-5-3-2-4-6-13-10/h2-7,10,15H2,1H3. The lowest BCUT2D eigenvalue weighted by Gasteiger charge is -2.00. The number of nitrogens with two attached hydrogens (primary N) is 1. The molecule has 0 saturated carbocycles. The number of hydrogen-bond acceptors (Lipinski definition) is 5. The van der Waals surface area contributed by atoms with Gasteiger partial charge in [-0.3, -0.25) is 4.79 Å². The Hall–Kier alpha value is -0.510. The average Bonchev–Trinajstić information content (AvgIpc) is 2.21. The van der Waals surface area contributed by atoms with Crippen molar-refractivity contribution < 1.29 is 14.5 Å². The van der Waals surface area contributed by atoms with Gasteiger partial charge in [0, 0.05) is 0 Å². The number of carbonyl (C=O) groups is 1. The molecule has 0 aliphatic heterocycles. The Labute approximate surface area is 92.5 Å². The van der Waals surface area contributed by atoms with Crippen LogP contribution < -0.4 is 5.90 Å². The maximum absolute atomic E-state index is 10.7. The van der Waals surface area contributed by atoms with E-state index in [1.807, 2.05) is 9.24 Å². The van der Waals surface area contributed by atoms with Gasteiger partial charge in [-0.05, 0) is 26.2 Å². The van der Waals surface area contributed by atoms with Gasteiger partial charge in [-0.2, -0.15) is 0 Å². The van der Waals surface area contributed by atoms with Crippen LogP contribution in [0.3, 0.4) is 0 Å². The van der Waals surface area contributed by atoms with Gasteiger partial charge in [0.2, 0.25) is 0 Å². The number of nitrogens with zero attached hydrogens (tertiary/aromatic N) is 1. The number of rotatable bonds is 9. The van der Waals surface area contributed by atoms with Crippen LogP contribution in [-0.4, -0.2) is 24.4 Å². The Bertz CT molecular complexity index is 210. The molecule has 0 bridgehead atoms. The summed E-state index contributed by atoms with van der Waals surface area (Å²) in [5, 5.41) is 3.66. The second-order valence-corrected chi connectivity index (χ2v) is 3.68. The molecular weight excluding hydrogens is 215 g/mol. The Morgan fingerprint density at radius 1 is 1.27 bits per heavy atom. The van der Waals surface area contributed by atoms with Crippen molar-refractivity contribution in [3.63, 3.8) is 0 Å². The minimum absolute atomic E-state index is 0.143. The lowest BCUT2D eigenvalue weighted by Crippen LogP contribution is -2.02. The lowest BCUT2D eigenvalue weighted by atomic mass is 10.2. The molecule has 0 heterocycles. The zero-order valence-corrected chi connectivity index (χ0v) is 10.2. The summed E-state index contributed by atoms with van der Waals surface area (Å²) in [5.74, 6) is 4.88. The van der Waals surface area contributed by atoms with Crippen LogP contribution in [0.1, 0.15) is 32.6 Å². The van der Waals surface area contributed by atoms with Crippen LogP contribution in [0, 0.1) is 0 Å². The van der Waals surface area contributed by atoms with Crippen molar-refractivity contribution in [2.45, 2.75) is 32.6 Å². The van der Waals surface area contributed by atoms with Gasteiger partial charge in [0.1, 0.15) is 12.3 Å². The van der Waals surface area contributed by atoms with E-state index in [-0.39, 0.29) is 5.52 Å². The minimum atomic E-state index is -0.143. The number of carbonyl (C=O) groups excluding carboxylic acids is 1. The molecule has 0 rings (SSSR count). The van der Waals surface area contributed by atoms with E-state index in [0.29, 0.717) is 18.9 Å². The Morgan fingerprint density at radius 3 is 2.40 bits per heavy atom. The molecule has 0 radical (unpaired) electrons. The summed E-state index contributed by atoms with van der Waals surface area (Å²) in [6.45, 7) is 2.76. The van der Waals surface area contributed by atoms with Crippen molar-refractivity contribution in [3.05, 3.63) is 0 Å². The molecule has 2 N–H and O–H groups in total. The Morgan fingerprint density at radius 2 is 1.87 bits per heavy atom. The summed E-state index contributed by atoms with van der Waals surface area (Å²) in [4.78, 5) is 20.1. The molecule has 5 nitrogen and oxygen atoms in total. The van der Waals surface area contributed by atoms with E-state index in [1.54, 1.807) is 6.92 Å². The second-order valence-electron chi connectivity index (χ2n) is 3.16. The van der Waals surface area contributed by atoms with Gasteiger partial charge in [-0.25, -0.2) is 5.90 Å². The predicted molar refractivity (Wildman–Crippen MR) is 62.4 cm³/mol. The second kappa shape index (κ2) is 10.0. The molecule has 15 heavy (non-hydrogen) atoms. The fraction of sp³-hybridized carbons (Fsp3) is 0.778. The first-order chi connectivity index (χ1) is 7.18. The zero-order valence-electron chi connectivity index (χ0n) is 9.07. The van der Waals surface area contributed by atoms with E-state index in [9.17, 15) is 4.79 Å². The van der Waals surface area contributed by atoms with Crippen LogP contribution in [0.5, 0.6) is 0 Å². The molecule has 0 fully saturated rings. The fourth-order valence-corrected chi connectivity index (χ4v) is 0.946. The first-order valence-corrected chi connectivity index (χ1v) is 5.54. The van der Waals surface area contributed by atoms with Crippen molar-refractivity contribution in [1.82, 2.24) is 0 Å². The van der Waals surface area contributed by atoms with Crippen LogP contribution in [0.2, 0.25) is 0 Å². The SMILES string of the molecule is CC(=NOCCCCCCON)C(=O)P. The van der Waals surface area contributed by atoms with Gasteiger partial charge in [0.25, 0.3) is 0 Å². The molecule has 0 aliphatic rings. The summed E-state index contributed by atoms with van der Waals surface area (Å²) >= 11 is 0. The van der Waals surface area contributed by atoms with Crippen LogP contribution >= 0.6 is 9.24 Å². The quantitative estimate of drug-likeness (QED) is 0.282. The van der Waals surface area contributed by atoms with Crippen LogP contribution in [0.15, 0.2) is 5.16 Å². The van der Waals surface area contributed by atoms with Crippen LogP contribution in [-0.2, 0) is 14.5 Å². The van der Waals surface area contributed by atoms with Crippen molar-refractivity contribution in [2.75, 3.05) is 13.2 Å². The van der Waals surface area contributed by atoms with Crippen LogP contribution in [0.4, 0.5) is 0 Å². The third kappa shape index (κ3) is 9.79. The molecule has 0 amide bonds. The van der Waals surface area contributed by atoms with Gasteiger partial charge in [-0.15, -0.1) is 0 Å². The lowest BCUT2D eigenvalue weighted by molar-refractivity contribution is -0.105. The van der Waals surface area contributed by atoms with Gasteiger partial charge in [0.05, 0.1) is 6.61 Å². The van der Waals surface area contributed by atoms with E-state index in [4.69, 9.17) is 10.7 Å². The maximum Gasteiger partial charge on any atom is 0.195 e. The highest BCUT2D eigenvalue weighted by Gasteiger charge is 1.97. The average molecular weight is 234 g/mol. The predicted octanol–water partition coefficient (Wildman–Crippen LogP) is 1.23. The van der Waals surface area contributed by atoms with Crippen molar-refractivity contribution >= 4 is 20.5 Å². The van der Waals surface area contributed by atoms with E-state index < -0.39 is 0 Å². The topological polar surface area (TPSA) is 73.9 Å². The molecule has 0 aromatic heterocycles. The molecule has 0 aliphatic carbocycles. The maximum atomic E-state index is 10.7. The smallest absolute Gasteiger partial charge is 0.195 e. The van der Waals surface area contributed by atoms with Crippen molar-refractivity contribution in [3.8, 4) is 0 Å². The van der Waals surface area contributed by atoms with E-state index in [2.05, 4.69) is 9.99 Å². The first kappa shape index (κ1) is 14.5. The monoisotopic (exact) mass is 234 g/mol. The third-order valence-electron chi connectivity index (χ3n) is 1.81. The molecule has 0 saturated heterocycles. The molecule has 1 unspecified atom stereocenters. The van der Waals surface area contributed by atoms with Gasteiger partial charge < -0.3 is 9.68 Å². The number of oxime groups is 1. The number of hydrogen-bond donors (Lipinski definition) is 1.